The van der Waals surface area contributed by atoms with Gasteiger partial charge in [0.05, 0.1) is 11.1 Å². The van der Waals surface area contributed by atoms with Gasteiger partial charge in [-0.05, 0) is 25.0 Å². The molecule has 1 saturated carbocycles. The molecule has 1 aliphatic rings. The van der Waals surface area contributed by atoms with Crippen molar-refractivity contribution in [2.45, 2.75) is 44.2 Å². The Bertz CT molecular complexity index is 674. The lowest BCUT2D eigenvalue weighted by Crippen LogP contribution is -2.39. The summed E-state index contributed by atoms with van der Waals surface area (Å²) in [5, 5.41) is 13.8. The second kappa shape index (κ2) is 6.11. The summed E-state index contributed by atoms with van der Waals surface area (Å²) in [6.07, 6.45) is 5.69. The van der Waals surface area contributed by atoms with Gasteiger partial charge < -0.3 is 11.1 Å². The maximum Gasteiger partial charge on any atom is 0.144 e. The highest BCUT2D eigenvalue weighted by atomic mass is 15.0. The van der Waals surface area contributed by atoms with E-state index < -0.39 is 0 Å². The third-order valence-corrected chi connectivity index (χ3v) is 4.24. The topological polar surface area (TPSA) is 74.7 Å². The zero-order valence-corrected chi connectivity index (χ0v) is 12.0. The van der Waals surface area contributed by atoms with Gasteiger partial charge in [0.25, 0.3) is 0 Å². The smallest absolute Gasteiger partial charge is 0.144 e. The lowest BCUT2D eigenvalue weighted by molar-refractivity contribution is 0.527. The maximum atomic E-state index is 9.37. The molecule has 0 saturated heterocycles. The van der Waals surface area contributed by atoms with Crippen molar-refractivity contribution in [3.63, 3.8) is 0 Å². The molecule has 0 radical (unpaired) electrons. The average molecular weight is 280 g/mol. The predicted octanol–water partition coefficient (Wildman–Crippen LogP) is 3.18. The van der Waals surface area contributed by atoms with Crippen LogP contribution in [0.15, 0.2) is 30.3 Å². The fourth-order valence-electron chi connectivity index (χ4n) is 3.00. The lowest BCUT2D eigenvalue weighted by atomic mass is 10.0. The van der Waals surface area contributed by atoms with Crippen molar-refractivity contribution in [3.8, 4) is 6.07 Å². The molecule has 2 atom stereocenters. The SMILES string of the molecule is N#Cc1cc2ccccc2nc1NC1CCCCCC1N. The van der Waals surface area contributed by atoms with E-state index in [1.807, 2.05) is 30.3 Å². The van der Waals surface area contributed by atoms with Gasteiger partial charge in [0.1, 0.15) is 11.9 Å². The van der Waals surface area contributed by atoms with Crippen LogP contribution in [0.25, 0.3) is 10.9 Å². The van der Waals surface area contributed by atoms with Crippen LogP contribution in [0.4, 0.5) is 5.82 Å². The Morgan fingerprint density at radius 3 is 2.86 bits per heavy atom. The highest BCUT2D eigenvalue weighted by Gasteiger charge is 2.21. The van der Waals surface area contributed by atoms with Crippen LogP contribution >= 0.6 is 0 Å². The molecule has 4 heteroatoms. The highest BCUT2D eigenvalue weighted by molar-refractivity contribution is 5.82. The van der Waals surface area contributed by atoms with E-state index in [9.17, 15) is 5.26 Å². The van der Waals surface area contributed by atoms with E-state index >= 15 is 0 Å². The molecule has 0 amide bonds. The third-order valence-electron chi connectivity index (χ3n) is 4.24. The van der Waals surface area contributed by atoms with Crippen molar-refractivity contribution in [1.82, 2.24) is 4.98 Å². The Labute approximate surface area is 125 Å². The van der Waals surface area contributed by atoms with Gasteiger partial charge in [0.15, 0.2) is 0 Å². The molecule has 3 rings (SSSR count). The van der Waals surface area contributed by atoms with Crippen molar-refractivity contribution >= 4 is 16.7 Å². The van der Waals surface area contributed by atoms with Crippen LogP contribution in [0.5, 0.6) is 0 Å². The van der Waals surface area contributed by atoms with Gasteiger partial charge in [-0.3, -0.25) is 0 Å². The molecule has 1 heterocycles. The van der Waals surface area contributed by atoms with Crippen LogP contribution in [0, 0.1) is 11.3 Å². The molecule has 4 nitrogen and oxygen atoms in total. The van der Waals surface area contributed by atoms with Crippen molar-refractivity contribution < 1.29 is 0 Å². The first-order valence-corrected chi connectivity index (χ1v) is 7.60. The minimum Gasteiger partial charge on any atom is -0.365 e. The van der Waals surface area contributed by atoms with Gasteiger partial charge in [-0.25, -0.2) is 4.98 Å². The minimum atomic E-state index is 0.132. The number of nitrogens with two attached hydrogens (primary N) is 1. The maximum absolute atomic E-state index is 9.37. The Balaban J connectivity index is 1.93. The number of hydrogen-bond donors (Lipinski definition) is 2. The zero-order valence-electron chi connectivity index (χ0n) is 12.0. The van der Waals surface area contributed by atoms with Crippen LogP contribution in [-0.2, 0) is 0 Å². The van der Waals surface area contributed by atoms with Gasteiger partial charge in [0.2, 0.25) is 0 Å². The highest BCUT2D eigenvalue weighted by Crippen LogP contribution is 2.24. The number of nitrogens with one attached hydrogen (secondary N) is 1. The molecule has 1 aliphatic carbocycles. The monoisotopic (exact) mass is 280 g/mol. The van der Waals surface area contributed by atoms with Crippen molar-refractivity contribution in [1.29, 1.82) is 5.26 Å². The van der Waals surface area contributed by atoms with Gasteiger partial charge in [-0.15, -0.1) is 0 Å². The van der Waals surface area contributed by atoms with E-state index in [0.29, 0.717) is 11.4 Å². The number of anilines is 1. The third kappa shape index (κ3) is 2.98. The first-order chi connectivity index (χ1) is 10.3. The summed E-state index contributed by atoms with van der Waals surface area (Å²) in [6, 6.07) is 12.3. The second-order valence-corrected chi connectivity index (χ2v) is 5.74. The number of pyridine rings is 1. The van der Waals surface area contributed by atoms with Gasteiger partial charge in [0, 0.05) is 17.5 Å². The summed E-state index contributed by atoms with van der Waals surface area (Å²) in [6.45, 7) is 0. The summed E-state index contributed by atoms with van der Waals surface area (Å²) in [5.74, 6) is 0.665. The molecule has 108 valence electrons. The molecular weight excluding hydrogens is 260 g/mol. The molecular formula is C17H20N4. The average Bonchev–Trinajstić information content (AvgIpc) is 2.71. The number of nitrogens with zero attached hydrogens (tertiary/aromatic N) is 2. The Morgan fingerprint density at radius 1 is 1.19 bits per heavy atom. The molecule has 2 aromatic rings. The summed E-state index contributed by atoms with van der Waals surface area (Å²) in [7, 11) is 0. The first-order valence-electron chi connectivity index (χ1n) is 7.60. The number of aromatic nitrogens is 1. The van der Waals surface area contributed by atoms with Crippen LogP contribution in [0.1, 0.15) is 37.7 Å². The van der Waals surface area contributed by atoms with E-state index in [0.717, 1.165) is 23.7 Å². The summed E-state index contributed by atoms with van der Waals surface area (Å²) < 4.78 is 0. The fourth-order valence-corrected chi connectivity index (χ4v) is 3.00. The summed E-state index contributed by atoms with van der Waals surface area (Å²) in [4.78, 5) is 4.62. The minimum absolute atomic E-state index is 0.132. The van der Waals surface area contributed by atoms with Crippen LogP contribution in [0.3, 0.4) is 0 Å². The van der Waals surface area contributed by atoms with Gasteiger partial charge >= 0.3 is 0 Å². The molecule has 2 unspecified atom stereocenters. The zero-order chi connectivity index (χ0) is 14.7. The second-order valence-electron chi connectivity index (χ2n) is 5.74. The number of nitriles is 1. The Morgan fingerprint density at radius 2 is 2.00 bits per heavy atom. The number of hydrogen-bond acceptors (Lipinski definition) is 4. The van der Waals surface area contributed by atoms with E-state index in [-0.39, 0.29) is 12.1 Å². The van der Waals surface area contributed by atoms with E-state index in [1.165, 1.54) is 19.3 Å². The largest absolute Gasteiger partial charge is 0.365 e. The number of fused-ring (bicyclic) bond motifs is 1. The molecule has 3 N–H and O–H groups in total. The van der Waals surface area contributed by atoms with Gasteiger partial charge in [-0.2, -0.15) is 5.26 Å². The van der Waals surface area contributed by atoms with E-state index in [1.54, 1.807) is 0 Å². The number of benzene rings is 1. The number of para-hydroxylation sites is 1. The van der Waals surface area contributed by atoms with Crippen LogP contribution in [0.2, 0.25) is 0 Å². The van der Waals surface area contributed by atoms with Crippen molar-refractivity contribution in [2.24, 2.45) is 5.73 Å². The van der Waals surface area contributed by atoms with Gasteiger partial charge in [-0.1, -0.05) is 37.5 Å². The quantitative estimate of drug-likeness (QED) is 0.828. The van der Waals surface area contributed by atoms with Crippen molar-refractivity contribution in [3.05, 3.63) is 35.9 Å². The van der Waals surface area contributed by atoms with E-state index in [4.69, 9.17) is 5.73 Å². The normalized spacial score (nSPS) is 22.5. The fraction of sp³-hybridized carbons (Fsp3) is 0.412. The molecule has 1 aromatic heterocycles. The molecule has 1 aromatic carbocycles. The van der Waals surface area contributed by atoms with E-state index in [2.05, 4.69) is 16.4 Å². The van der Waals surface area contributed by atoms with Crippen LogP contribution < -0.4 is 11.1 Å². The predicted molar refractivity (Wildman–Crippen MR) is 84.9 cm³/mol. The first kappa shape index (κ1) is 13.8. The molecule has 0 aliphatic heterocycles. The Kier molecular flexibility index (Phi) is 4.03. The summed E-state index contributed by atoms with van der Waals surface area (Å²) in [5.41, 5.74) is 7.75. The lowest BCUT2D eigenvalue weighted by Gasteiger charge is -2.23. The molecule has 0 bridgehead atoms. The Hall–Kier alpha value is -2.12. The van der Waals surface area contributed by atoms with Crippen molar-refractivity contribution in [2.75, 3.05) is 5.32 Å². The standard InChI is InChI=1S/C17H20N4/c18-11-13-10-12-6-4-5-8-15(12)20-17(13)21-16-9-3-1-2-7-14(16)19/h4-6,8,10,14,16H,1-3,7,9,19H2,(H,20,21). The van der Waals surface area contributed by atoms with Crippen LogP contribution in [-0.4, -0.2) is 17.1 Å². The summed E-state index contributed by atoms with van der Waals surface area (Å²) >= 11 is 0. The number of rotatable bonds is 2. The molecule has 0 spiro atoms. The molecule has 1 fully saturated rings. The molecule has 21 heavy (non-hydrogen) atoms.